The van der Waals surface area contributed by atoms with Crippen molar-refractivity contribution in [2.45, 2.75) is 26.3 Å². The molecule has 1 rings (SSSR count). The normalized spacial score (nSPS) is 14.2. The number of nitrogens with one attached hydrogen (secondary N) is 1. The zero-order valence-corrected chi connectivity index (χ0v) is 12.3. The molecule has 18 heavy (non-hydrogen) atoms. The first kappa shape index (κ1) is 15.2. The third-order valence-corrected chi connectivity index (χ3v) is 4.32. The lowest BCUT2D eigenvalue weighted by Crippen LogP contribution is -2.26. The van der Waals surface area contributed by atoms with E-state index in [1.165, 1.54) is 5.56 Å². The maximum absolute atomic E-state index is 11.9. The van der Waals surface area contributed by atoms with Gasteiger partial charge in [-0.1, -0.05) is 26.0 Å². The maximum Gasteiger partial charge on any atom is 0.118 e. The minimum Gasteiger partial charge on any atom is -0.497 e. The summed E-state index contributed by atoms with van der Waals surface area (Å²) in [5.41, 5.74) is 1.17. The molecule has 0 aromatic heterocycles. The zero-order valence-electron chi connectivity index (χ0n) is 11.4. The highest BCUT2D eigenvalue weighted by atomic mass is 32.2. The smallest absolute Gasteiger partial charge is 0.118 e. The Morgan fingerprint density at radius 3 is 2.44 bits per heavy atom. The largest absolute Gasteiger partial charge is 0.497 e. The number of hydrogen-bond donors (Lipinski definition) is 1. The molecular weight excluding hydrogens is 246 g/mol. The van der Waals surface area contributed by atoms with Crippen molar-refractivity contribution >= 4 is 10.8 Å². The molecule has 0 aliphatic heterocycles. The van der Waals surface area contributed by atoms with Gasteiger partial charge in [-0.05, 0) is 30.7 Å². The summed E-state index contributed by atoms with van der Waals surface area (Å²) in [6, 6.07) is 8.13. The summed E-state index contributed by atoms with van der Waals surface area (Å²) in [4.78, 5) is 0. The minimum atomic E-state index is -0.753. The first-order chi connectivity index (χ1) is 8.71. The molecule has 102 valence electrons. The SMILES string of the molecule is CCCS(=O)CC(NCC)c1ccc(OC)cc1. The van der Waals surface area contributed by atoms with Crippen LogP contribution in [0.3, 0.4) is 0 Å². The highest BCUT2D eigenvalue weighted by molar-refractivity contribution is 7.85. The van der Waals surface area contributed by atoms with Gasteiger partial charge in [0, 0.05) is 28.3 Å². The molecule has 0 amide bonds. The molecule has 1 aromatic rings. The van der Waals surface area contributed by atoms with E-state index in [1.54, 1.807) is 7.11 Å². The van der Waals surface area contributed by atoms with Gasteiger partial charge < -0.3 is 10.1 Å². The Morgan fingerprint density at radius 1 is 1.28 bits per heavy atom. The van der Waals surface area contributed by atoms with Crippen LogP contribution < -0.4 is 10.1 Å². The predicted octanol–water partition coefficient (Wildman–Crippen LogP) is 2.50. The van der Waals surface area contributed by atoms with Crippen LogP contribution in [0.2, 0.25) is 0 Å². The number of hydrogen-bond acceptors (Lipinski definition) is 3. The molecule has 0 radical (unpaired) electrons. The Morgan fingerprint density at radius 2 is 1.94 bits per heavy atom. The topological polar surface area (TPSA) is 38.3 Å². The molecule has 0 saturated carbocycles. The second-order valence-electron chi connectivity index (χ2n) is 4.19. The number of ether oxygens (including phenoxy) is 1. The van der Waals surface area contributed by atoms with E-state index in [2.05, 4.69) is 19.2 Å². The van der Waals surface area contributed by atoms with Crippen LogP contribution in [0.4, 0.5) is 0 Å². The molecule has 1 N–H and O–H groups in total. The molecule has 0 saturated heterocycles. The second kappa shape index (κ2) is 8.27. The Labute approximate surface area is 112 Å². The van der Waals surface area contributed by atoms with Crippen LogP contribution in [-0.4, -0.2) is 29.4 Å². The third-order valence-electron chi connectivity index (χ3n) is 2.75. The van der Waals surface area contributed by atoms with Gasteiger partial charge in [0.15, 0.2) is 0 Å². The highest BCUT2D eigenvalue weighted by Gasteiger charge is 2.13. The first-order valence-corrected chi connectivity index (χ1v) is 7.92. The van der Waals surface area contributed by atoms with Crippen LogP contribution in [-0.2, 0) is 10.8 Å². The molecule has 0 aliphatic rings. The molecule has 0 heterocycles. The lowest BCUT2D eigenvalue weighted by atomic mass is 10.1. The molecule has 1 aromatic carbocycles. The highest BCUT2D eigenvalue weighted by Crippen LogP contribution is 2.18. The van der Waals surface area contributed by atoms with E-state index in [-0.39, 0.29) is 6.04 Å². The van der Waals surface area contributed by atoms with Gasteiger partial charge in [0.1, 0.15) is 5.75 Å². The lowest BCUT2D eigenvalue weighted by Gasteiger charge is -2.18. The van der Waals surface area contributed by atoms with E-state index < -0.39 is 10.8 Å². The fraction of sp³-hybridized carbons (Fsp3) is 0.571. The molecule has 2 atom stereocenters. The van der Waals surface area contributed by atoms with Crippen molar-refractivity contribution in [1.82, 2.24) is 5.32 Å². The van der Waals surface area contributed by atoms with Crippen molar-refractivity contribution in [3.63, 3.8) is 0 Å². The van der Waals surface area contributed by atoms with Crippen LogP contribution in [0.15, 0.2) is 24.3 Å². The van der Waals surface area contributed by atoms with Crippen molar-refractivity contribution in [3.8, 4) is 5.75 Å². The summed E-state index contributed by atoms with van der Waals surface area (Å²) in [6.07, 6.45) is 0.966. The number of methoxy groups -OCH3 is 1. The van der Waals surface area contributed by atoms with Crippen molar-refractivity contribution in [3.05, 3.63) is 29.8 Å². The molecule has 4 heteroatoms. The maximum atomic E-state index is 11.9. The fourth-order valence-electron chi connectivity index (χ4n) is 1.85. The van der Waals surface area contributed by atoms with Gasteiger partial charge in [-0.25, -0.2) is 0 Å². The van der Waals surface area contributed by atoms with Crippen molar-refractivity contribution in [2.75, 3.05) is 25.2 Å². The Hall–Kier alpha value is -0.870. The van der Waals surface area contributed by atoms with Crippen LogP contribution in [0.5, 0.6) is 5.75 Å². The third kappa shape index (κ3) is 4.78. The number of rotatable bonds is 8. The second-order valence-corrected chi connectivity index (χ2v) is 5.82. The summed E-state index contributed by atoms with van der Waals surface area (Å²) >= 11 is 0. The Bertz CT molecular complexity index is 365. The predicted molar refractivity (Wildman–Crippen MR) is 77.6 cm³/mol. The molecule has 2 unspecified atom stereocenters. The summed E-state index contributed by atoms with van der Waals surface area (Å²) in [5, 5.41) is 3.39. The van der Waals surface area contributed by atoms with E-state index in [9.17, 15) is 4.21 Å². The molecule has 0 bridgehead atoms. The lowest BCUT2D eigenvalue weighted by molar-refractivity contribution is 0.414. The molecule has 0 fully saturated rings. The average Bonchev–Trinajstić information content (AvgIpc) is 2.39. The van der Waals surface area contributed by atoms with Gasteiger partial charge in [-0.15, -0.1) is 0 Å². The van der Waals surface area contributed by atoms with Crippen molar-refractivity contribution in [2.24, 2.45) is 0 Å². The van der Waals surface area contributed by atoms with Gasteiger partial charge >= 0.3 is 0 Å². The Balaban J connectivity index is 2.72. The van der Waals surface area contributed by atoms with E-state index in [0.717, 1.165) is 24.5 Å². The van der Waals surface area contributed by atoms with E-state index in [4.69, 9.17) is 4.74 Å². The summed E-state index contributed by atoms with van der Waals surface area (Å²) < 4.78 is 17.0. The molecular formula is C14H23NO2S. The first-order valence-electron chi connectivity index (χ1n) is 6.43. The zero-order chi connectivity index (χ0) is 13.4. The number of benzene rings is 1. The quantitative estimate of drug-likeness (QED) is 0.788. The minimum absolute atomic E-state index is 0.160. The van der Waals surface area contributed by atoms with Crippen molar-refractivity contribution < 1.29 is 8.95 Å². The van der Waals surface area contributed by atoms with Crippen LogP contribution in [0.1, 0.15) is 31.9 Å². The molecule has 0 aliphatic carbocycles. The molecule has 3 nitrogen and oxygen atoms in total. The van der Waals surface area contributed by atoms with Gasteiger partial charge in [0.05, 0.1) is 7.11 Å². The van der Waals surface area contributed by atoms with Crippen LogP contribution >= 0.6 is 0 Å². The van der Waals surface area contributed by atoms with E-state index in [0.29, 0.717) is 5.75 Å². The summed E-state index contributed by atoms with van der Waals surface area (Å²) in [5.74, 6) is 2.30. The fourth-order valence-corrected chi connectivity index (χ4v) is 3.16. The van der Waals surface area contributed by atoms with Crippen LogP contribution in [0, 0.1) is 0 Å². The van der Waals surface area contributed by atoms with E-state index in [1.807, 2.05) is 24.3 Å². The van der Waals surface area contributed by atoms with E-state index >= 15 is 0 Å². The van der Waals surface area contributed by atoms with Gasteiger partial charge in [0.25, 0.3) is 0 Å². The van der Waals surface area contributed by atoms with Crippen LogP contribution in [0.25, 0.3) is 0 Å². The van der Waals surface area contributed by atoms with Gasteiger partial charge in [-0.3, -0.25) is 4.21 Å². The monoisotopic (exact) mass is 269 g/mol. The van der Waals surface area contributed by atoms with Gasteiger partial charge in [0.2, 0.25) is 0 Å². The Kier molecular flexibility index (Phi) is 6.98. The standard InChI is InChI=1S/C14H23NO2S/c1-4-10-18(16)11-14(15-5-2)12-6-8-13(17-3)9-7-12/h6-9,14-15H,4-5,10-11H2,1-3H3. The summed E-state index contributed by atoms with van der Waals surface area (Å²) in [7, 11) is 0.907. The van der Waals surface area contributed by atoms with Crippen molar-refractivity contribution in [1.29, 1.82) is 0 Å². The average molecular weight is 269 g/mol. The molecule has 0 spiro atoms. The summed E-state index contributed by atoms with van der Waals surface area (Å²) in [6.45, 7) is 5.01. The van der Waals surface area contributed by atoms with Gasteiger partial charge in [-0.2, -0.15) is 0 Å².